The van der Waals surface area contributed by atoms with Crippen LogP contribution in [0.15, 0.2) is 83.8 Å². The van der Waals surface area contributed by atoms with E-state index in [1.165, 1.54) is 17.3 Å². The molecular formula is C29H25NO2S. The van der Waals surface area contributed by atoms with Gasteiger partial charge in [0.1, 0.15) is 0 Å². The lowest BCUT2D eigenvalue weighted by Gasteiger charge is -2.21. The topological polar surface area (TPSA) is 46.2 Å². The maximum atomic E-state index is 13.1. The SMILES string of the molecule is CCC(C)c1ccc(NC(=O)CSc2ccc3c4c(cccc24)C(=O)c2ccccc2-3)cc1. The molecule has 1 unspecified atom stereocenters. The summed E-state index contributed by atoms with van der Waals surface area (Å²) in [7, 11) is 0. The molecule has 4 heteroatoms. The number of benzene rings is 4. The van der Waals surface area contributed by atoms with E-state index in [0.717, 1.165) is 50.0 Å². The van der Waals surface area contributed by atoms with Gasteiger partial charge in [-0.15, -0.1) is 11.8 Å². The highest BCUT2D eigenvalue weighted by atomic mass is 32.2. The summed E-state index contributed by atoms with van der Waals surface area (Å²) in [5.41, 5.74) is 5.62. The van der Waals surface area contributed by atoms with E-state index in [9.17, 15) is 9.59 Å². The molecule has 0 spiro atoms. The summed E-state index contributed by atoms with van der Waals surface area (Å²) >= 11 is 1.50. The fraction of sp³-hybridized carbons (Fsp3) is 0.172. The van der Waals surface area contributed by atoms with Gasteiger partial charge in [-0.1, -0.05) is 74.5 Å². The predicted molar refractivity (Wildman–Crippen MR) is 137 cm³/mol. The standard InChI is InChI=1S/C29H25NO2S/c1-3-18(2)19-11-13-20(14-12-19)30-27(31)17-33-26-16-15-22-21-7-4-5-8-23(21)29(32)25-10-6-9-24(26)28(22)25/h4-16,18H,3,17H2,1-2H3,(H,30,31). The molecule has 0 saturated carbocycles. The summed E-state index contributed by atoms with van der Waals surface area (Å²) in [5.74, 6) is 0.829. The summed E-state index contributed by atoms with van der Waals surface area (Å²) in [5, 5.41) is 4.99. The highest BCUT2D eigenvalue weighted by Crippen LogP contribution is 2.42. The molecule has 33 heavy (non-hydrogen) atoms. The maximum absolute atomic E-state index is 13.1. The summed E-state index contributed by atoms with van der Waals surface area (Å²) in [6.45, 7) is 4.38. The molecule has 0 saturated heterocycles. The largest absolute Gasteiger partial charge is 0.325 e. The average Bonchev–Trinajstić information content (AvgIpc) is 2.86. The van der Waals surface area contributed by atoms with Crippen LogP contribution in [0.4, 0.5) is 5.69 Å². The number of rotatable bonds is 6. The van der Waals surface area contributed by atoms with Gasteiger partial charge in [0.15, 0.2) is 5.78 Å². The summed E-state index contributed by atoms with van der Waals surface area (Å²) < 4.78 is 0. The monoisotopic (exact) mass is 451 g/mol. The Kier molecular flexibility index (Phi) is 5.77. The first-order chi connectivity index (χ1) is 16.1. The first-order valence-corrected chi connectivity index (χ1v) is 12.3. The zero-order valence-corrected chi connectivity index (χ0v) is 19.5. The third kappa shape index (κ3) is 3.96. The zero-order chi connectivity index (χ0) is 22.9. The van der Waals surface area contributed by atoms with E-state index in [1.54, 1.807) is 0 Å². The summed E-state index contributed by atoms with van der Waals surface area (Å²) in [4.78, 5) is 26.7. The van der Waals surface area contributed by atoms with Crippen LogP contribution in [0.25, 0.3) is 21.9 Å². The van der Waals surface area contributed by atoms with E-state index >= 15 is 0 Å². The predicted octanol–water partition coefficient (Wildman–Crippen LogP) is 7.30. The second-order valence-electron chi connectivity index (χ2n) is 8.48. The van der Waals surface area contributed by atoms with Crippen molar-refractivity contribution >= 4 is 39.9 Å². The Morgan fingerprint density at radius 1 is 0.848 bits per heavy atom. The van der Waals surface area contributed by atoms with Crippen molar-refractivity contribution < 1.29 is 9.59 Å². The van der Waals surface area contributed by atoms with Crippen molar-refractivity contribution in [3.05, 3.63) is 95.6 Å². The third-order valence-corrected chi connectivity index (χ3v) is 7.52. The van der Waals surface area contributed by atoms with E-state index in [0.29, 0.717) is 11.7 Å². The molecule has 0 aromatic heterocycles. The molecule has 0 heterocycles. The average molecular weight is 452 g/mol. The van der Waals surface area contributed by atoms with Crippen molar-refractivity contribution in [1.29, 1.82) is 0 Å². The number of nitrogens with one attached hydrogen (secondary N) is 1. The van der Waals surface area contributed by atoms with Crippen molar-refractivity contribution in [2.75, 3.05) is 11.1 Å². The van der Waals surface area contributed by atoms with Crippen molar-refractivity contribution in [3.8, 4) is 11.1 Å². The number of hydrogen-bond donors (Lipinski definition) is 1. The summed E-state index contributed by atoms with van der Waals surface area (Å²) in [6.07, 6.45) is 1.09. The minimum atomic E-state index is -0.0433. The van der Waals surface area contributed by atoms with Crippen LogP contribution >= 0.6 is 11.8 Å². The number of carbonyl (C=O) groups excluding carboxylic acids is 2. The molecule has 1 amide bonds. The molecule has 4 aromatic carbocycles. The molecule has 0 fully saturated rings. The number of ketones is 1. The Labute approximate surface area is 198 Å². The van der Waals surface area contributed by atoms with Gasteiger partial charge in [-0.05, 0) is 52.6 Å². The lowest BCUT2D eigenvalue weighted by molar-refractivity contribution is -0.113. The van der Waals surface area contributed by atoms with E-state index in [4.69, 9.17) is 0 Å². The number of thioether (sulfide) groups is 1. The Morgan fingerprint density at radius 3 is 2.33 bits per heavy atom. The van der Waals surface area contributed by atoms with E-state index in [-0.39, 0.29) is 11.7 Å². The van der Waals surface area contributed by atoms with E-state index in [2.05, 4.69) is 43.4 Å². The molecule has 1 aliphatic rings. The second kappa shape index (κ2) is 8.87. The molecule has 3 nitrogen and oxygen atoms in total. The van der Waals surface area contributed by atoms with Crippen molar-refractivity contribution in [1.82, 2.24) is 0 Å². The molecule has 4 aromatic rings. The van der Waals surface area contributed by atoms with E-state index < -0.39 is 0 Å². The Balaban J connectivity index is 1.37. The molecule has 1 N–H and O–H groups in total. The summed E-state index contributed by atoms with van der Waals surface area (Å²) in [6, 6.07) is 25.9. The van der Waals surface area contributed by atoms with Gasteiger partial charge in [-0.3, -0.25) is 9.59 Å². The van der Waals surface area contributed by atoms with Gasteiger partial charge >= 0.3 is 0 Å². The minimum absolute atomic E-state index is 0.0433. The first-order valence-electron chi connectivity index (χ1n) is 11.3. The van der Waals surface area contributed by atoms with Crippen LogP contribution in [-0.4, -0.2) is 17.4 Å². The molecule has 5 rings (SSSR count). The zero-order valence-electron chi connectivity index (χ0n) is 18.7. The van der Waals surface area contributed by atoms with Crippen LogP contribution in [0.2, 0.25) is 0 Å². The lowest BCUT2D eigenvalue weighted by Crippen LogP contribution is -2.14. The molecule has 1 aliphatic carbocycles. The first kappa shape index (κ1) is 21.5. The van der Waals surface area contributed by atoms with Crippen molar-refractivity contribution in [2.24, 2.45) is 0 Å². The number of carbonyl (C=O) groups is 2. The van der Waals surface area contributed by atoms with Crippen LogP contribution in [0.5, 0.6) is 0 Å². The number of anilines is 1. The fourth-order valence-corrected chi connectivity index (χ4v) is 5.30. The van der Waals surface area contributed by atoms with Gasteiger partial charge in [0.05, 0.1) is 5.75 Å². The van der Waals surface area contributed by atoms with Gasteiger partial charge in [0, 0.05) is 27.1 Å². The van der Waals surface area contributed by atoms with E-state index in [1.807, 2.05) is 54.6 Å². The van der Waals surface area contributed by atoms with Crippen molar-refractivity contribution in [2.45, 2.75) is 31.1 Å². The smallest absolute Gasteiger partial charge is 0.234 e. The van der Waals surface area contributed by atoms with Crippen LogP contribution in [0.3, 0.4) is 0 Å². The number of amides is 1. The highest BCUT2D eigenvalue weighted by Gasteiger charge is 2.25. The quantitative estimate of drug-likeness (QED) is 0.276. The van der Waals surface area contributed by atoms with Gasteiger partial charge < -0.3 is 5.32 Å². The third-order valence-electron chi connectivity index (χ3n) is 6.44. The van der Waals surface area contributed by atoms with Crippen LogP contribution < -0.4 is 5.32 Å². The van der Waals surface area contributed by atoms with Gasteiger partial charge in [0.2, 0.25) is 5.91 Å². The Bertz CT molecular complexity index is 1370. The molecule has 0 radical (unpaired) electrons. The van der Waals surface area contributed by atoms with Gasteiger partial charge in [-0.2, -0.15) is 0 Å². The fourth-order valence-electron chi connectivity index (χ4n) is 4.45. The molecular weight excluding hydrogens is 426 g/mol. The second-order valence-corrected chi connectivity index (χ2v) is 9.50. The van der Waals surface area contributed by atoms with Gasteiger partial charge in [0.25, 0.3) is 0 Å². The van der Waals surface area contributed by atoms with Crippen molar-refractivity contribution in [3.63, 3.8) is 0 Å². The number of fused-ring (bicyclic) bond motifs is 2. The lowest BCUT2D eigenvalue weighted by atomic mass is 9.83. The van der Waals surface area contributed by atoms with Crippen LogP contribution in [-0.2, 0) is 4.79 Å². The van der Waals surface area contributed by atoms with Gasteiger partial charge in [-0.25, -0.2) is 0 Å². The number of hydrogen-bond acceptors (Lipinski definition) is 3. The molecule has 0 aliphatic heterocycles. The molecule has 1 atom stereocenters. The Hall–Kier alpha value is -3.37. The molecule has 0 bridgehead atoms. The Morgan fingerprint density at radius 2 is 1.58 bits per heavy atom. The molecule has 164 valence electrons. The maximum Gasteiger partial charge on any atom is 0.234 e. The van der Waals surface area contributed by atoms with Crippen LogP contribution in [0, 0.1) is 0 Å². The highest BCUT2D eigenvalue weighted by molar-refractivity contribution is 8.00. The van der Waals surface area contributed by atoms with Crippen LogP contribution in [0.1, 0.15) is 47.7 Å². The normalized spacial score (nSPS) is 13.0. The minimum Gasteiger partial charge on any atom is -0.325 e.